The van der Waals surface area contributed by atoms with E-state index in [1.807, 2.05) is 60.7 Å². The van der Waals surface area contributed by atoms with E-state index in [9.17, 15) is 9.59 Å². The maximum Gasteiger partial charge on any atom is 0.253 e. The van der Waals surface area contributed by atoms with Gasteiger partial charge in [-0.3, -0.25) is 14.3 Å². The highest BCUT2D eigenvalue weighted by Crippen LogP contribution is 2.15. The third-order valence-corrected chi connectivity index (χ3v) is 5.32. The predicted molar refractivity (Wildman–Crippen MR) is 109 cm³/mol. The lowest BCUT2D eigenvalue weighted by atomic mass is 10.0. The van der Waals surface area contributed by atoms with Gasteiger partial charge in [0.2, 0.25) is 5.91 Å². The van der Waals surface area contributed by atoms with Crippen molar-refractivity contribution >= 4 is 11.8 Å². The first-order chi connectivity index (χ1) is 13.4. The molecule has 0 aliphatic carbocycles. The number of likely N-dealkylation sites (tertiary alicyclic amines) is 1. The van der Waals surface area contributed by atoms with Crippen LogP contribution < -0.4 is 5.32 Å². The summed E-state index contributed by atoms with van der Waals surface area (Å²) in [6.45, 7) is 8.15. The zero-order chi connectivity index (χ0) is 20.1. The molecule has 1 aromatic heterocycles. The average Bonchev–Trinajstić information content (AvgIpc) is 2.99. The van der Waals surface area contributed by atoms with E-state index in [1.54, 1.807) is 0 Å². The summed E-state index contributed by atoms with van der Waals surface area (Å²) in [6, 6.07) is 9.90. The van der Waals surface area contributed by atoms with Gasteiger partial charge in [0, 0.05) is 43.4 Å². The number of rotatable bonds is 6. The molecule has 2 heterocycles. The van der Waals surface area contributed by atoms with Crippen molar-refractivity contribution in [3.63, 3.8) is 0 Å². The number of aryl methyl sites for hydroxylation is 4. The Balaban J connectivity index is 1.38. The summed E-state index contributed by atoms with van der Waals surface area (Å²) < 4.78 is 1.96. The largest absolute Gasteiger partial charge is 0.353 e. The molecule has 0 unspecified atom stereocenters. The minimum absolute atomic E-state index is 0.0784. The van der Waals surface area contributed by atoms with Gasteiger partial charge in [-0.05, 0) is 58.2 Å². The summed E-state index contributed by atoms with van der Waals surface area (Å²) in [4.78, 5) is 26.7. The van der Waals surface area contributed by atoms with Crippen molar-refractivity contribution in [2.24, 2.45) is 0 Å². The molecule has 0 atom stereocenters. The van der Waals surface area contributed by atoms with Crippen LogP contribution in [0.4, 0.5) is 0 Å². The van der Waals surface area contributed by atoms with Gasteiger partial charge in [0.25, 0.3) is 5.91 Å². The van der Waals surface area contributed by atoms with Gasteiger partial charge in [-0.2, -0.15) is 5.10 Å². The lowest BCUT2D eigenvalue weighted by Crippen LogP contribution is -2.46. The molecule has 2 amide bonds. The average molecular weight is 383 g/mol. The van der Waals surface area contributed by atoms with E-state index in [4.69, 9.17) is 0 Å². The number of carbonyl (C=O) groups is 2. The molecule has 6 nitrogen and oxygen atoms in total. The molecule has 150 valence electrons. The number of piperidine rings is 1. The van der Waals surface area contributed by atoms with Crippen LogP contribution in [-0.4, -0.2) is 45.6 Å². The van der Waals surface area contributed by atoms with Gasteiger partial charge >= 0.3 is 0 Å². The maximum absolute atomic E-state index is 12.6. The van der Waals surface area contributed by atoms with Crippen LogP contribution in [0.15, 0.2) is 30.3 Å². The molecule has 0 spiro atoms. The van der Waals surface area contributed by atoms with Gasteiger partial charge in [-0.1, -0.05) is 17.7 Å². The number of nitrogens with zero attached hydrogens (tertiary/aromatic N) is 3. The summed E-state index contributed by atoms with van der Waals surface area (Å²) in [5, 5.41) is 7.55. The van der Waals surface area contributed by atoms with E-state index in [0.29, 0.717) is 19.5 Å². The molecular formula is C22H30N4O2. The van der Waals surface area contributed by atoms with Gasteiger partial charge in [0.1, 0.15) is 0 Å². The molecule has 1 aromatic carbocycles. The van der Waals surface area contributed by atoms with Crippen molar-refractivity contribution in [3.05, 3.63) is 52.8 Å². The molecule has 1 aliphatic heterocycles. The van der Waals surface area contributed by atoms with Gasteiger partial charge in [-0.25, -0.2) is 0 Å². The van der Waals surface area contributed by atoms with E-state index in [1.165, 1.54) is 0 Å². The lowest BCUT2D eigenvalue weighted by molar-refractivity contribution is -0.122. The molecule has 0 bridgehead atoms. The number of benzene rings is 1. The Hall–Kier alpha value is -2.63. The molecule has 0 radical (unpaired) electrons. The van der Waals surface area contributed by atoms with Crippen LogP contribution in [0.3, 0.4) is 0 Å². The minimum atomic E-state index is 0.0784. The second-order valence-electron chi connectivity index (χ2n) is 7.75. The molecule has 1 saturated heterocycles. The van der Waals surface area contributed by atoms with Gasteiger partial charge in [-0.15, -0.1) is 0 Å². The Morgan fingerprint density at radius 2 is 1.79 bits per heavy atom. The SMILES string of the molecule is Cc1ccc(C(=O)N2CCC(NC(=O)CCCn3nc(C)cc3C)CC2)cc1. The zero-order valence-corrected chi connectivity index (χ0v) is 17.1. The van der Waals surface area contributed by atoms with E-state index in [-0.39, 0.29) is 17.9 Å². The summed E-state index contributed by atoms with van der Waals surface area (Å²) in [7, 11) is 0. The van der Waals surface area contributed by atoms with Crippen LogP contribution in [0, 0.1) is 20.8 Å². The van der Waals surface area contributed by atoms with Crippen molar-refractivity contribution in [2.75, 3.05) is 13.1 Å². The molecule has 1 N–H and O–H groups in total. The number of amides is 2. The molecule has 2 aromatic rings. The number of aromatic nitrogens is 2. The number of nitrogens with one attached hydrogen (secondary N) is 1. The smallest absolute Gasteiger partial charge is 0.253 e. The van der Waals surface area contributed by atoms with Crippen LogP contribution in [0.2, 0.25) is 0 Å². The van der Waals surface area contributed by atoms with E-state index < -0.39 is 0 Å². The summed E-state index contributed by atoms with van der Waals surface area (Å²) in [5.41, 5.74) is 4.02. The zero-order valence-electron chi connectivity index (χ0n) is 17.1. The third kappa shape index (κ3) is 5.21. The van der Waals surface area contributed by atoms with Crippen molar-refractivity contribution in [1.82, 2.24) is 20.0 Å². The van der Waals surface area contributed by atoms with E-state index in [0.717, 1.165) is 48.3 Å². The topological polar surface area (TPSA) is 67.2 Å². The second kappa shape index (κ2) is 9.04. The molecule has 28 heavy (non-hydrogen) atoms. The van der Waals surface area contributed by atoms with Gasteiger partial charge in [0.05, 0.1) is 5.69 Å². The van der Waals surface area contributed by atoms with Crippen LogP contribution in [0.1, 0.15) is 53.0 Å². The quantitative estimate of drug-likeness (QED) is 0.835. The minimum Gasteiger partial charge on any atom is -0.353 e. The van der Waals surface area contributed by atoms with Crippen LogP contribution in [0.25, 0.3) is 0 Å². The van der Waals surface area contributed by atoms with Crippen LogP contribution in [0.5, 0.6) is 0 Å². The lowest BCUT2D eigenvalue weighted by Gasteiger charge is -2.32. The van der Waals surface area contributed by atoms with Crippen LogP contribution >= 0.6 is 0 Å². The van der Waals surface area contributed by atoms with Gasteiger partial charge < -0.3 is 10.2 Å². The first kappa shape index (κ1) is 20.1. The normalized spacial score (nSPS) is 14.9. The molecule has 1 aliphatic rings. The Morgan fingerprint density at radius 3 is 2.39 bits per heavy atom. The van der Waals surface area contributed by atoms with Crippen molar-refractivity contribution < 1.29 is 9.59 Å². The fraction of sp³-hybridized carbons (Fsp3) is 0.500. The van der Waals surface area contributed by atoms with Crippen LogP contribution in [-0.2, 0) is 11.3 Å². The number of carbonyl (C=O) groups excluding carboxylic acids is 2. The second-order valence-corrected chi connectivity index (χ2v) is 7.75. The summed E-state index contributed by atoms with van der Waals surface area (Å²) in [5.74, 6) is 0.166. The molecule has 3 rings (SSSR count). The van der Waals surface area contributed by atoms with E-state index in [2.05, 4.69) is 10.4 Å². The Kier molecular flexibility index (Phi) is 6.49. The monoisotopic (exact) mass is 382 g/mol. The van der Waals surface area contributed by atoms with E-state index >= 15 is 0 Å². The number of hydrogen-bond donors (Lipinski definition) is 1. The molecule has 0 saturated carbocycles. The Bertz CT molecular complexity index is 818. The van der Waals surface area contributed by atoms with Crippen molar-refractivity contribution in [3.8, 4) is 0 Å². The fourth-order valence-electron chi connectivity index (χ4n) is 3.70. The number of hydrogen-bond acceptors (Lipinski definition) is 3. The van der Waals surface area contributed by atoms with Crippen molar-refractivity contribution in [1.29, 1.82) is 0 Å². The Labute approximate surface area is 166 Å². The summed E-state index contributed by atoms with van der Waals surface area (Å²) >= 11 is 0. The highest BCUT2D eigenvalue weighted by atomic mass is 16.2. The summed E-state index contributed by atoms with van der Waals surface area (Å²) in [6.07, 6.45) is 2.89. The first-order valence-corrected chi connectivity index (χ1v) is 10.1. The van der Waals surface area contributed by atoms with Gasteiger partial charge in [0.15, 0.2) is 0 Å². The molecule has 1 fully saturated rings. The molecular weight excluding hydrogens is 352 g/mol. The third-order valence-electron chi connectivity index (χ3n) is 5.32. The Morgan fingerprint density at radius 1 is 1.11 bits per heavy atom. The standard InChI is InChI=1S/C22H30N4O2/c1-16-6-8-19(9-7-16)22(28)25-13-10-20(11-14-25)23-21(27)5-4-12-26-18(3)15-17(2)24-26/h6-9,15,20H,4-5,10-14H2,1-3H3,(H,23,27). The highest BCUT2D eigenvalue weighted by molar-refractivity contribution is 5.94. The molecule has 6 heteroatoms. The predicted octanol–water partition coefficient (Wildman–Crippen LogP) is 3.01. The first-order valence-electron chi connectivity index (χ1n) is 10.1. The maximum atomic E-state index is 12.6. The van der Waals surface area contributed by atoms with Crippen molar-refractivity contribution in [2.45, 2.75) is 59.0 Å². The highest BCUT2D eigenvalue weighted by Gasteiger charge is 2.24. The fourth-order valence-corrected chi connectivity index (χ4v) is 3.70.